The van der Waals surface area contributed by atoms with Gasteiger partial charge in [0, 0.05) is 12.6 Å². The van der Waals surface area contributed by atoms with Crippen LogP contribution in [0, 0.1) is 5.92 Å². The summed E-state index contributed by atoms with van der Waals surface area (Å²) in [7, 11) is 0. The van der Waals surface area contributed by atoms with Crippen LogP contribution in [0.1, 0.15) is 44.2 Å². The summed E-state index contributed by atoms with van der Waals surface area (Å²) in [5, 5.41) is 3.55. The average Bonchev–Trinajstić information content (AvgIpc) is 3.26. The molecule has 0 amide bonds. The molecule has 3 nitrogen and oxygen atoms in total. The first kappa shape index (κ1) is 14.4. The third-order valence-electron chi connectivity index (χ3n) is 3.63. The highest BCUT2D eigenvalue weighted by Crippen LogP contribution is 2.32. The number of nitrogens with one attached hydrogen (secondary N) is 1. The summed E-state index contributed by atoms with van der Waals surface area (Å²) in [5.74, 6) is 1.91. The fraction of sp³-hybridized carbons (Fsp3) is 0.625. The van der Waals surface area contributed by atoms with E-state index in [9.17, 15) is 0 Å². The Labute approximate surface area is 116 Å². The monoisotopic (exact) mass is 262 g/mol. The first-order chi connectivity index (χ1) is 9.33. The van der Waals surface area contributed by atoms with Crippen molar-refractivity contribution < 1.29 is 4.74 Å². The molecule has 0 aromatic heterocycles. The van der Waals surface area contributed by atoms with Gasteiger partial charge in [-0.3, -0.25) is 0 Å². The molecule has 0 saturated heterocycles. The molecule has 3 heteroatoms. The van der Waals surface area contributed by atoms with Gasteiger partial charge in [0.15, 0.2) is 0 Å². The van der Waals surface area contributed by atoms with Crippen molar-refractivity contribution in [2.75, 3.05) is 19.7 Å². The SMILES string of the molecule is CCCOc1ccc(C(CN)NCCC2CC2)cc1. The smallest absolute Gasteiger partial charge is 0.119 e. The van der Waals surface area contributed by atoms with Gasteiger partial charge in [0.25, 0.3) is 0 Å². The van der Waals surface area contributed by atoms with Gasteiger partial charge in [-0.05, 0) is 43.0 Å². The van der Waals surface area contributed by atoms with E-state index in [1.165, 1.54) is 24.8 Å². The van der Waals surface area contributed by atoms with Crippen molar-refractivity contribution in [1.82, 2.24) is 5.32 Å². The van der Waals surface area contributed by atoms with E-state index in [-0.39, 0.29) is 6.04 Å². The van der Waals surface area contributed by atoms with Crippen molar-refractivity contribution in [1.29, 1.82) is 0 Å². The molecule has 1 atom stereocenters. The van der Waals surface area contributed by atoms with Crippen LogP contribution >= 0.6 is 0 Å². The Bertz CT molecular complexity index is 360. The number of nitrogens with two attached hydrogens (primary N) is 1. The van der Waals surface area contributed by atoms with E-state index in [4.69, 9.17) is 10.5 Å². The van der Waals surface area contributed by atoms with Gasteiger partial charge in [0.2, 0.25) is 0 Å². The molecule has 1 aromatic rings. The summed E-state index contributed by atoms with van der Waals surface area (Å²) in [4.78, 5) is 0. The highest BCUT2D eigenvalue weighted by atomic mass is 16.5. The maximum atomic E-state index is 5.86. The van der Waals surface area contributed by atoms with Gasteiger partial charge in [-0.1, -0.05) is 31.9 Å². The summed E-state index contributed by atoms with van der Waals surface area (Å²) in [6.07, 6.45) is 5.15. The van der Waals surface area contributed by atoms with Gasteiger partial charge in [-0.2, -0.15) is 0 Å². The van der Waals surface area contributed by atoms with Crippen molar-refractivity contribution in [3.05, 3.63) is 29.8 Å². The summed E-state index contributed by atoms with van der Waals surface area (Å²) in [5.41, 5.74) is 7.11. The van der Waals surface area contributed by atoms with Crippen molar-refractivity contribution in [2.45, 2.75) is 38.6 Å². The van der Waals surface area contributed by atoms with E-state index in [1.54, 1.807) is 0 Å². The maximum absolute atomic E-state index is 5.86. The second kappa shape index (κ2) is 7.51. The van der Waals surface area contributed by atoms with Crippen LogP contribution < -0.4 is 15.8 Å². The lowest BCUT2D eigenvalue weighted by molar-refractivity contribution is 0.317. The molecule has 0 heterocycles. The lowest BCUT2D eigenvalue weighted by Crippen LogP contribution is -2.29. The van der Waals surface area contributed by atoms with Crippen LogP contribution in [0.3, 0.4) is 0 Å². The number of hydrogen-bond acceptors (Lipinski definition) is 3. The van der Waals surface area contributed by atoms with Gasteiger partial charge < -0.3 is 15.8 Å². The molecule has 0 radical (unpaired) electrons. The van der Waals surface area contributed by atoms with Gasteiger partial charge in [-0.15, -0.1) is 0 Å². The van der Waals surface area contributed by atoms with E-state index in [0.29, 0.717) is 6.54 Å². The third kappa shape index (κ3) is 4.84. The minimum atomic E-state index is 0.263. The van der Waals surface area contributed by atoms with Gasteiger partial charge in [0.1, 0.15) is 5.75 Å². The van der Waals surface area contributed by atoms with Crippen molar-refractivity contribution in [3.63, 3.8) is 0 Å². The zero-order valence-corrected chi connectivity index (χ0v) is 11.9. The average molecular weight is 262 g/mol. The second-order valence-corrected chi connectivity index (χ2v) is 5.39. The number of rotatable bonds is 9. The molecular weight excluding hydrogens is 236 g/mol. The predicted octanol–water partition coefficient (Wildman–Crippen LogP) is 2.86. The highest BCUT2D eigenvalue weighted by Gasteiger charge is 2.20. The lowest BCUT2D eigenvalue weighted by atomic mass is 10.1. The molecule has 0 spiro atoms. The molecule has 3 N–H and O–H groups in total. The normalized spacial score (nSPS) is 16.3. The van der Waals surface area contributed by atoms with Crippen LogP contribution in [-0.4, -0.2) is 19.7 Å². The number of ether oxygens (including phenoxy) is 1. The molecule has 1 aliphatic rings. The predicted molar refractivity (Wildman–Crippen MR) is 79.4 cm³/mol. The molecule has 2 rings (SSSR count). The Hall–Kier alpha value is -1.06. The van der Waals surface area contributed by atoms with Crippen LogP contribution in [0.4, 0.5) is 0 Å². The van der Waals surface area contributed by atoms with Crippen LogP contribution in [0.5, 0.6) is 5.75 Å². The standard InChI is InChI=1S/C16H26N2O/c1-2-11-19-15-7-5-14(6-8-15)16(12-17)18-10-9-13-3-4-13/h5-8,13,16,18H,2-4,9-12,17H2,1H3. The fourth-order valence-corrected chi connectivity index (χ4v) is 2.22. The fourth-order valence-electron chi connectivity index (χ4n) is 2.22. The van der Waals surface area contributed by atoms with Gasteiger partial charge in [-0.25, -0.2) is 0 Å². The molecule has 1 saturated carbocycles. The summed E-state index contributed by atoms with van der Waals surface area (Å²) in [6.45, 7) is 4.60. The zero-order valence-electron chi connectivity index (χ0n) is 11.9. The molecule has 0 bridgehead atoms. The molecule has 1 fully saturated rings. The van der Waals surface area contributed by atoms with E-state index in [0.717, 1.165) is 31.2 Å². The molecular formula is C16H26N2O. The second-order valence-electron chi connectivity index (χ2n) is 5.39. The summed E-state index contributed by atoms with van der Waals surface area (Å²) in [6, 6.07) is 8.57. The maximum Gasteiger partial charge on any atom is 0.119 e. The Kier molecular flexibility index (Phi) is 5.67. The minimum absolute atomic E-state index is 0.263. The van der Waals surface area contributed by atoms with E-state index in [1.807, 2.05) is 12.1 Å². The quantitative estimate of drug-likeness (QED) is 0.719. The molecule has 0 aliphatic heterocycles. The lowest BCUT2D eigenvalue weighted by Gasteiger charge is -2.17. The summed E-state index contributed by atoms with van der Waals surface area (Å²) >= 11 is 0. The van der Waals surface area contributed by atoms with Crippen LogP contribution in [0.2, 0.25) is 0 Å². The topological polar surface area (TPSA) is 47.3 Å². The Morgan fingerprint density at radius 3 is 2.63 bits per heavy atom. The highest BCUT2D eigenvalue weighted by molar-refractivity contribution is 5.29. The Morgan fingerprint density at radius 1 is 1.32 bits per heavy atom. The Balaban J connectivity index is 1.82. The minimum Gasteiger partial charge on any atom is -0.494 e. The van der Waals surface area contributed by atoms with E-state index < -0.39 is 0 Å². The van der Waals surface area contributed by atoms with Gasteiger partial charge >= 0.3 is 0 Å². The molecule has 1 aromatic carbocycles. The molecule has 1 unspecified atom stereocenters. The first-order valence-electron chi connectivity index (χ1n) is 7.49. The van der Waals surface area contributed by atoms with E-state index in [2.05, 4.69) is 24.4 Å². The van der Waals surface area contributed by atoms with Crippen LogP contribution in [0.25, 0.3) is 0 Å². The first-order valence-corrected chi connectivity index (χ1v) is 7.49. The zero-order chi connectivity index (χ0) is 13.5. The van der Waals surface area contributed by atoms with Crippen molar-refractivity contribution in [3.8, 4) is 5.75 Å². The van der Waals surface area contributed by atoms with Crippen LogP contribution in [0.15, 0.2) is 24.3 Å². The summed E-state index contributed by atoms with van der Waals surface area (Å²) < 4.78 is 5.59. The largest absolute Gasteiger partial charge is 0.494 e. The number of benzene rings is 1. The van der Waals surface area contributed by atoms with Crippen LogP contribution in [-0.2, 0) is 0 Å². The van der Waals surface area contributed by atoms with Crippen molar-refractivity contribution >= 4 is 0 Å². The molecule has 19 heavy (non-hydrogen) atoms. The van der Waals surface area contributed by atoms with Crippen molar-refractivity contribution in [2.24, 2.45) is 11.7 Å². The molecule has 106 valence electrons. The Morgan fingerprint density at radius 2 is 2.05 bits per heavy atom. The van der Waals surface area contributed by atoms with Gasteiger partial charge in [0.05, 0.1) is 6.61 Å². The third-order valence-corrected chi connectivity index (χ3v) is 3.63. The molecule has 1 aliphatic carbocycles. The van der Waals surface area contributed by atoms with E-state index >= 15 is 0 Å². The number of hydrogen-bond donors (Lipinski definition) is 2.